The molecule has 0 aliphatic rings. The van der Waals surface area contributed by atoms with Gasteiger partial charge in [-0.2, -0.15) is 0 Å². The molecular formula is C13H18O. The molecule has 0 atom stereocenters. The highest BCUT2D eigenvalue weighted by atomic mass is 16.5. The maximum absolute atomic E-state index is 5.85. The largest absolute Gasteiger partial charge is 0.488 e. The highest BCUT2D eigenvalue weighted by molar-refractivity contribution is 5.49. The van der Waals surface area contributed by atoms with Gasteiger partial charge < -0.3 is 4.74 Å². The highest BCUT2D eigenvalue weighted by Gasteiger charge is 2.16. The molecule has 0 N–H and O–H groups in total. The van der Waals surface area contributed by atoms with E-state index in [1.165, 1.54) is 0 Å². The van der Waals surface area contributed by atoms with Gasteiger partial charge in [0.1, 0.15) is 11.4 Å². The van der Waals surface area contributed by atoms with Crippen molar-refractivity contribution in [2.24, 2.45) is 0 Å². The summed E-state index contributed by atoms with van der Waals surface area (Å²) in [6.07, 6.45) is 2.82. The first-order chi connectivity index (χ1) is 6.57. The molecule has 0 saturated heterocycles. The molecule has 0 saturated carbocycles. The average Bonchev–Trinajstić information content (AvgIpc) is 2.17. The van der Waals surface area contributed by atoms with Gasteiger partial charge in [0.2, 0.25) is 0 Å². The summed E-state index contributed by atoms with van der Waals surface area (Å²) in [6, 6.07) is 7.98. The zero-order valence-corrected chi connectivity index (χ0v) is 9.21. The summed E-state index contributed by atoms with van der Waals surface area (Å²) in [5.74, 6) is 0.911. The molecule has 0 aromatic heterocycles. The van der Waals surface area contributed by atoms with Crippen LogP contribution in [0.1, 0.15) is 32.8 Å². The van der Waals surface area contributed by atoms with Gasteiger partial charge in [0.05, 0.1) is 0 Å². The monoisotopic (exact) mass is 190 g/mol. The van der Waals surface area contributed by atoms with E-state index in [1.807, 2.05) is 30.3 Å². The third kappa shape index (κ3) is 2.91. The first-order valence-electron chi connectivity index (χ1n) is 4.99. The Hall–Kier alpha value is -1.24. The highest BCUT2D eigenvalue weighted by Crippen LogP contribution is 2.21. The Bertz CT molecular complexity index is 313. The number of rotatable bonds is 4. The minimum absolute atomic E-state index is 0.0974. The van der Waals surface area contributed by atoms with Gasteiger partial charge in [-0.25, -0.2) is 0 Å². The third-order valence-corrected chi connectivity index (χ3v) is 2.34. The maximum atomic E-state index is 5.85. The van der Waals surface area contributed by atoms with Crippen molar-refractivity contribution in [1.29, 1.82) is 0 Å². The van der Waals surface area contributed by atoms with Gasteiger partial charge in [0.15, 0.2) is 0 Å². The van der Waals surface area contributed by atoms with E-state index in [0.717, 1.165) is 17.7 Å². The normalized spacial score (nSPS) is 11.1. The van der Waals surface area contributed by atoms with Crippen molar-refractivity contribution < 1.29 is 4.74 Å². The second-order valence-corrected chi connectivity index (χ2v) is 3.99. The summed E-state index contributed by atoms with van der Waals surface area (Å²) in [7, 11) is 0. The van der Waals surface area contributed by atoms with E-state index in [0.29, 0.717) is 0 Å². The molecule has 0 amide bonds. The standard InChI is InChI=1S/C13H18O/c1-5-11-8-7-9-12(10-11)14-13(3,4)6-2/h5,7-10H,1,6H2,2-4H3. The lowest BCUT2D eigenvalue weighted by molar-refractivity contribution is 0.105. The van der Waals surface area contributed by atoms with Gasteiger partial charge in [-0.15, -0.1) is 0 Å². The Labute approximate surface area is 86.4 Å². The van der Waals surface area contributed by atoms with Gasteiger partial charge >= 0.3 is 0 Å². The van der Waals surface area contributed by atoms with Crippen LogP contribution in [-0.2, 0) is 0 Å². The van der Waals surface area contributed by atoms with Crippen molar-refractivity contribution in [3.8, 4) is 5.75 Å². The van der Waals surface area contributed by atoms with Crippen molar-refractivity contribution >= 4 is 6.08 Å². The van der Waals surface area contributed by atoms with Crippen molar-refractivity contribution in [3.05, 3.63) is 36.4 Å². The summed E-state index contributed by atoms with van der Waals surface area (Å²) in [4.78, 5) is 0. The Morgan fingerprint density at radius 2 is 2.14 bits per heavy atom. The summed E-state index contributed by atoms with van der Waals surface area (Å²) in [5, 5.41) is 0. The predicted molar refractivity (Wildman–Crippen MR) is 61.5 cm³/mol. The fraction of sp³-hybridized carbons (Fsp3) is 0.385. The zero-order chi connectivity index (χ0) is 10.6. The maximum Gasteiger partial charge on any atom is 0.120 e. The van der Waals surface area contributed by atoms with Crippen LogP contribution in [-0.4, -0.2) is 5.60 Å². The summed E-state index contributed by atoms with van der Waals surface area (Å²) < 4.78 is 5.85. The lowest BCUT2D eigenvalue weighted by Gasteiger charge is -2.24. The van der Waals surface area contributed by atoms with E-state index in [-0.39, 0.29) is 5.60 Å². The predicted octanol–water partition coefficient (Wildman–Crippen LogP) is 3.90. The van der Waals surface area contributed by atoms with Crippen molar-refractivity contribution in [2.75, 3.05) is 0 Å². The van der Waals surface area contributed by atoms with Crippen LogP contribution in [0.2, 0.25) is 0 Å². The Balaban J connectivity index is 2.81. The minimum atomic E-state index is -0.0974. The van der Waals surface area contributed by atoms with Crippen LogP contribution in [0.25, 0.3) is 6.08 Å². The molecule has 1 aromatic rings. The van der Waals surface area contributed by atoms with Crippen LogP contribution in [0, 0.1) is 0 Å². The lowest BCUT2D eigenvalue weighted by atomic mass is 10.1. The molecule has 0 radical (unpaired) electrons. The SMILES string of the molecule is C=Cc1cccc(OC(C)(C)CC)c1. The van der Waals surface area contributed by atoms with Gasteiger partial charge in [-0.3, -0.25) is 0 Å². The van der Waals surface area contributed by atoms with E-state index in [1.54, 1.807) is 0 Å². The van der Waals surface area contributed by atoms with Gasteiger partial charge in [0, 0.05) is 0 Å². The second kappa shape index (κ2) is 4.32. The van der Waals surface area contributed by atoms with Crippen LogP contribution in [0.4, 0.5) is 0 Å². The number of ether oxygens (including phenoxy) is 1. The van der Waals surface area contributed by atoms with Gasteiger partial charge in [0.25, 0.3) is 0 Å². The molecule has 14 heavy (non-hydrogen) atoms. The quantitative estimate of drug-likeness (QED) is 0.699. The molecule has 1 nitrogen and oxygen atoms in total. The zero-order valence-electron chi connectivity index (χ0n) is 9.21. The molecule has 0 unspecified atom stereocenters. The van der Waals surface area contributed by atoms with Gasteiger partial charge in [-0.05, 0) is 38.0 Å². The summed E-state index contributed by atoms with van der Waals surface area (Å²) in [5.41, 5.74) is 0.995. The molecule has 1 rings (SSSR count). The van der Waals surface area contributed by atoms with E-state index < -0.39 is 0 Å². The fourth-order valence-electron chi connectivity index (χ4n) is 1.10. The summed E-state index contributed by atoms with van der Waals surface area (Å²) >= 11 is 0. The lowest BCUT2D eigenvalue weighted by Crippen LogP contribution is -2.26. The fourth-order valence-corrected chi connectivity index (χ4v) is 1.10. The van der Waals surface area contributed by atoms with Crippen LogP contribution in [0.3, 0.4) is 0 Å². The first kappa shape index (κ1) is 10.8. The second-order valence-electron chi connectivity index (χ2n) is 3.99. The molecule has 76 valence electrons. The smallest absolute Gasteiger partial charge is 0.120 e. The van der Waals surface area contributed by atoms with Crippen LogP contribution in [0.5, 0.6) is 5.75 Å². The van der Waals surface area contributed by atoms with Crippen molar-refractivity contribution in [2.45, 2.75) is 32.8 Å². The Morgan fingerprint density at radius 3 is 2.71 bits per heavy atom. The molecule has 0 aliphatic heterocycles. The van der Waals surface area contributed by atoms with E-state index in [4.69, 9.17) is 4.74 Å². The molecule has 0 bridgehead atoms. The van der Waals surface area contributed by atoms with E-state index in [2.05, 4.69) is 27.4 Å². The van der Waals surface area contributed by atoms with Crippen LogP contribution >= 0.6 is 0 Å². The molecule has 0 heterocycles. The summed E-state index contributed by atoms with van der Waals surface area (Å²) in [6.45, 7) is 10.0. The molecule has 0 fully saturated rings. The third-order valence-electron chi connectivity index (χ3n) is 2.34. The number of hydrogen-bond donors (Lipinski definition) is 0. The van der Waals surface area contributed by atoms with E-state index >= 15 is 0 Å². The van der Waals surface area contributed by atoms with Crippen LogP contribution in [0.15, 0.2) is 30.8 Å². The molecule has 0 spiro atoms. The Kier molecular flexibility index (Phi) is 3.34. The molecule has 0 aliphatic carbocycles. The first-order valence-corrected chi connectivity index (χ1v) is 4.99. The average molecular weight is 190 g/mol. The van der Waals surface area contributed by atoms with Crippen LogP contribution < -0.4 is 4.74 Å². The van der Waals surface area contributed by atoms with Crippen molar-refractivity contribution in [1.82, 2.24) is 0 Å². The molecule has 1 aromatic carbocycles. The van der Waals surface area contributed by atoms with Crippen molar-refractivity contribution in [3.63, 3.8) is 0 Å². The molecular weight excluding hydrogens is 172 g/mol. The van der Waals surface area contributed by atoms with Gasteiger partial charge in [-0.1, -0.05) is 31.7 Å². The number of hydrogen-bond acceptors (Lipinski definition) is 1. The van der Waals surface area contributed by atoms with E-state index in [9.17, 15) is 0 Å². The topological polar surface area (TPSA) is 9.23 Å². The number of benzene rings is 1. The minimum Gasteiger partial charge on any atom is -0.488 e. The Morgan fingerprint density at radius 1 is 1.43 bits per heavy atom. The molecule has 1 heteroatoms.